The number of nitrogens with zero attached hydrogens (tertiary/aromatic N) is 1. The van der Waals surface area contributed by atoms with E-state index in [-0.39, 0.29) is 11.2 Å². The molecule has 28 heavy (non-hydrogen) atoms. The highest BCUT2D eigenvalue weighted by molar-refractivity contribution is 7.89. The van der Waals surface area contributed by atoms with Gasteiger partial charge >= 0.3 is 0 Å². The maximum atomic E-state index is 11.3. The number of hydrogen-bond acceptors (Lipinski definition) is 5. The summed E-state index contributed by atoms with van der Waals surface area (Å²) in [6, 6.07) is 8.36. The minimum atomic E-state index is -3.41. The van der Waals surface area contributed by atoms with Gasteiger partial charge in [-0.15, -0.1) is 0 Å². The Morgan fingerprint density at radius 1 is 1.07 bits per heavy atom. The third kappa shape index (κ3) is 6.44. The van der Waals surface area contributed by atoms with Crippen LogP contribution >= 0.6 is 0 Å². The first-order chi connectivity index (χ1) is 13.5. The highest BCUT2D eigenvalue weighted by atomic mass is 32.2. The van der Waals surface area contributed by atoms with Crippen molar-refractivity contribution in [3.8, 4) is 5.75 Å². The van der Waals surface area contributed by atoms with Crippen LogP contribution < -0.4 is 9.88 Å². The number of benzene rings is 1. The average molecular weight is 411 g/mol. The van der Waals surface area contributed by atoms with Crippen molar-refractivity contribution in [2.24, 2.45) is 5.14 Å². The lowest BCUT2D eigenvalue weighted by molar-refractivity contribution is 0.0466. The molecule has 1 aromatic carbocycles. The molecule has 158 valence electrons. The molecule has 0 unspecified atom stereocenters. The normalized spacial score (nSPS) is 20.3. The predicted molar refractivity (Wildman–Crippen MR) is 111 cm³/mol. The Morgan fingerprint density at radius 2 is 1.75 bits per heavy atom. The fraction of sp³-hybridized carbons (Fsp3) is 0.714. The maximum Gasteiger partial charge on any atom is 0.209 e. The summed E-state index contributed by atoms with van der Waals surface area (Å²) in [5.74, 6) is 0.935. The predicted octanol–water partition coefficient (Wildman–Crippen LogP) is 2.67. The van der Waals surface area contributed by atoms with Crippen molar-refractivity contribution < 1.29 is 17.9 Å². The Labute approximate surface area is 169 Å². The third-order valence-electron chi connectivity index (χ3n) is 6.09. The molecule has 0 saturated carbocycles. The molecule has 0 atom stereocenters. The number of sulfonamides is 1. The second-order valence-corrected chi connectivity index (χ2v) is 9.87. The van der Waals surface area contributed by atoms with Gasteiger partial charge in [0.25, 0.3) is 0 Å². The van der Waals surface area contributed by atoms with E-state index in [0.29, 0.717) is 19.6 Å². The first kappa shape index (κ1) is 21.6. The van der Waals surface area contributed by atoms with Gasteiger partial charge in [-0.2, -0.15) is 0 Å². The van der Waals surface area contributed by atoms with E-state index in [1.165, 1.54) is 31.5 Å². The zero-order chi connectivity index (χ0) is 19.9. The van der Waals surface area contributed by atoms with Gasteiger partial charge in [-0.1, -0.05) is 12.1 Å². The van der Waals surface area contributed by atoms with Crippen LogP contribution in [0.25, 0.3) is 0 Å². The fourth-order valence-electron chi connectivity index (χ4n) is 4.45. The lowest BCUT2D eigenvalue weighted by Crippen LogP contribution is -2.34. The molecular formula is C21H34N2O4S. The van der Waals surface area contributed by atoms with Gasteiger partial charge in [-0.3, -0.25) is 0 Å². The summed E-state index contributed by atoms with van der Waals surface area (Å²) in [6.07, 6.45) is 6.91. The van der Waals surface area contributed by atoms with Crippen LogP contribution in [0.1, 0.15) is 50.5 Å². The first-order valence-corrected chi connectivity index (χ1v) is 12.2. The van der Waals surface area contributed by atoms with Gasteiger partial charge in [0.1, 0.15) is 5.75 Å². The van der Waals surface area contributed by atoms with Gasteiger partial charge in [0.05, 0.1) is 12.4 Å². The van der Waals surface area contributed by atoms with Gasteiger partial charge in [-0.25, -0.2) is 13.6 Å². The van der Waals surface area contributed by atoms with E-state index >= 15 is 0 Å². The molecule has 2 fully saturated rings. The lowest BCUT2D eigenvalue weighted by atomic mass is 9.71. The van der Waals surface area contributed by atoms with Gasteiger partial charge in [0.2, 0.25) is 10.0 Å². The van der Waals surface area contributed by atoms with E-state index < -0.39 is 10.0 Å². The minimum absolute atomic E-state index is 0.0305. The third-order valence-corrected chi connectivity index (χ3v) is 6.94. The highest BCUT2D eigenvalue weighted by Gasteiger charge is 2.34. The summed E-state index contributed by atoms with van der Waals surface area (Å²) in [4.78, 5) is 2.50. The summed E-state index contributed by atoms with van der Waals surface area (Å²) in [5.41, 5.74) is 1.21. The molecular weight excluding hydrogens is 376 g/mol. The van der Waals surface area contributed by atoms with Crippen LogP contribution in [-0.2, 0) is 20.2 Å². The van der Waals surface area contributed by atoms with E-state index in [1.807, 2.05) is 12.1 Å². The highest BCUT2D eigenvalue weighted by Crippen LogP contribution is 2.39. The van der Waals surface area contributed by atoms with Crippen LogP contribution in [0, 0.1) is 0 Å². The molecule has 2 heterocycles. The van der Waals surface area contributed by atoms with Crippen LogP contribution in [0.2, 0.25) is 0 Å². The molecule has 0 aromatic heterocycles. The Bertz CT molecular complexity index is 694. The van der Waals surface area contributed by atoms with Crippen molar-refractivity contribution in [1.29, 1.82) is 0 Å². The van der Waals surface area contributed by atoms with Crippen molar-refractivity contribution in [3.63, 3.8) is 0 Å². The van der Waals surface area contributed by atoms with Crippen molar-refractivity contribution in [3.05, 3.63) is 29.8 Å². The number of primary sulfonamides is 1. The van der Waals surface area contributed by atoms with E-state index in [1.54, 1.807) is 0 Å². The van der Waals surface area contributed by atoms with Crippen molar-refractivity contribution >= 4 is 10.0 Å². The number of likely N-dealkylation sites (tertiary alicyclic amines) is 1. The Balaban J connectivity index is 1.53. The fourth-order valence-corrected chi connectivity index (χ4v) is 4.99. The van der Waals surface area contributed by atoms with E-state index in [9.17, 15) is 8.42 Å². The van der Waals surface area contributed by atoms with Gasteiger partial charge in [0.15, 0.2) is 0 Å². The number of hydrogen-bond donors (Lipinski definition) is 1. The molecule has 7 heteroatoms. The molecule has 1 aromatic rings. The molecule has 2 saturated heterocycles. The molecule has 0 bridgehead atoms. The van der Waals surface area contributed by atoms with Crippen LogP contribution in [0.4, 0.5) is 0 Å². The molecule has 0 aliphatic carbocycles. The quantitative estimate of drug-likeness (QED) is 0.600. The molecule has 2 N–H and O–H groups in total. The Hall–Kier alpha value is -1.15. The monoisotopic (exact) mass is 410 g/mol. The zero-order valence-corrected chi connectivity index (χ0v) is 17.6. The maximum absolute atomic E-state index is 11.3. The topological polar surface area (TPSA) is 81.9 Å². The van der Waals surface area contributed by atoms with Crippen LogP contribution in [0.15, 0.2) is 24.3 Å². The van der Waals surface area contributed by atoms with E-state index in [0.717, 1.165) is 44.6 Å². The summed E-state index contributed by atoms with van der Waals surface area (Å²) in [5, 5.41) is 5.18. The second kappa shape index (κ2) is 10.1. The van der Waals surface area contributed by atoms with Crippen molar-refractivity contribution in [1.82, 2.24) is 4.90 Å². The first-order valence-electron chi connectivity index (χ1n) is 10.5. The number of rotatable bonds is 10. The number of nitrogens with two attached hydrogens (primary N) is 1. The average Bonchev–Trinajstić information content (AvgIpc) is 3.19. The molecule has 3 rings (SSSR count). The van der Waals surface area contributed by atoms with Crippen molar-refractivity contribution in [2.75, 3.05) is 45.2 Å². The van der Waals surface area contributed by atoms with Crippen LogP contribution in [-0.4, -0.2) is 58.5 Å². The molecule has 0 spiro atoms. The molecule has 0 radical (unpaired) electrons. The molecule has 2 aliphatic heterocycles. The van der Waals surface area contributed by atoms with Gasteiger partial charge in [-0.05, 0) is 81.1 Å². The van der Waals surface area contributed by atoms with E-state index in [2.05, 4.69) is 17.0 Å². The summed E-state index contributed by atoms with van der Waals surface area (Å²) in [7, 11) is -3.41. The minimum Gasteiger partial charge on any atom is -0.494 e. The van der Waals surface area contributed by atoms with Gasteiger partial charge < -0.3 is 14.4 Å². The summed E-state index contributed by atoms with van der Waals surface area (Å²) < 4.78 is 34.1. The van der Waals surface area contributed by atoms with Crippen molar-refractivity contribution in [2.45, 2.75) is 50.4 Å². The SMILES string of the molecule is NS(=O)(=O)CCCC1(c2ccc(OCCCN3CCCC3)cc2)CCOCC1. The lowest BCUT2D eigenvalue weighted by Gasteiger charge is -2.38. The smallest absolute Gasteiger partial charge is 0.209 e. The Morgan fingerprint density at radius 3 is 2.39 bits per heavy atom. The standard InChI is InChI=1S/C21H34N2O4S/c22-28(24,25)18-3-9-21(10-16-26-17-11-21)19-5-7-20(8-6-19)27-15-4-14-23-12-1-2-13-23/h5-8H,1-4,9-18H2,(H2,22,24,25). The largest absolute Gasteiger partial charge is 0.494 e. The van der Waals surface area contributed by atoms with Crippen LogP contribution in [0.3, 0.4) is 0 Å². The summed E-state index contributed by atoms with van der Waals surface area (Å²) in [6.45, 7) is 5.74. The molecule has 0 amide bonds. The molecule has 6 nitrogen and oxygen atoms in total. The number of ether oxygens (including phenoxy) is 2. The van der Waals surface area contributed by atoms with Gasteiger partial charge in [0, 0.05) is 19.8 Å². The van der Waals surface area contributed by atoms with E-state index in [4.69, 9.17) is 14.6 Å². The molecule has 2 aliphatic rings. The second-order valence-electron chi connectivity index (χ2n) is 8.14. The van der Waals surface area contributed by atoms with Crippen LogP contribution in [0.5, 0.6) is 5.75 Å². The summed E-state index contributed by atoms with van der Waals surface area (Å²) >= 11 is 0. The zero-order valence-electron chi connectivity index (χ0n) is 16.8. The Kier molecular flexibility index (Phi) is 7.74.